The van der Waals surface area contributed by atoms with Crippen molar-refractivity contribution in [3.05, 3.63) is 30.4 Å². The average molecular weight is 242 g/mol. The van der Waals surface area contributed by atoms with Crippen LogP contribution in [0.5, 0.6) is 0 Å². The zero-order valence-corrected chi connectivity index (χ0v) is 11.0. The first kappa shape index (κ1) is 12.6. The van der Waals surface area contributed by atoms with Gasteiger partial charge < -0.3 is 5.73 Å². The number of nitrogens with two attached hydrogens (primary N) is 1. The molecule has 0 amide bonds. The van der Waals surface area contributed by atoms with Gasteiger partial charge in [-0.2, -0.15) is 5.10 Å². The Morgan fingerprint density at radius 3 is 2.89 bits per heavy atom. The summed E-state index contributed by atoms with van der Waals surface area (Å²) in [6.07, 6.45) is 7.72. The van der Waals surface area contributed by atoms with E-state index in [0.717, 1.165) is 11.1 Å². The van der Waals surface area contributed by atoms with Gasteiger partial charge in [0, 0.05) is 35.8 Å². The summed E-state index contributed by atoms with van der Waals surface area (Å²) in [5.74, 6) is 6.34. The first-order chi connectivity index (χ1) is 8.47. The van der Waals surface area contributed by atoms with Crippen LogP contribution >= 0.6 is 0 Å². The normalized spacial score (nSPS) is 13.1. The summed E-state index contributed by atoms with van der Waals surface area (Å²) in [6.45, 7) is 6.26. The molecular weight excluding hydrogens is 224 g/mol. The Bertz CT molecular complexity index is 595. The fourth-order valence-electron chi connectivity index (χ4n) is 1.67. The Kier molecular flexibility index (Phi) is 3.35. The van der Waals surface area contributed by atoms with Gasteiger partial charge in [-0.15, -0.1) is 5.92 Å². The van der Waals surface area contributed by atoms with Gasteiger partial charge >= 0.3 is 0 Å². The predicted molar refractivity (Wildman–Crippen MR) is 71.8 cm³/mol. The largest absolute Gasteiger partial charge is 0.323 e. The molecule has 2 N–H and O–H groups in total. The van der Waals surface area contributed by atoms with Gasteiger partial charge in [-0.25, -0.2) is 4.52 Å². The van der Waals surface area contributed by atoms with Gasteiger partial charge in [0.05, 0.1) is 17.9 Å². The smallest absolute Gasteiger partial charge is 0.0892 e. The van der Waals surface area contributed by atoms with Crippen LogP contribution < -0.4 is 5.73 Å². The molecule has 1 unspecified atom stereocenters. The molecule has 94 valence electrons. The van der Waals surface area contributed by atoms with Crippen molar-refractivity contribution in [1.82, 2.24) is 14.6 Å². The number of nitrogens with zero attached hydrogens (tertiary/aromatic N) is 3. The molecule has 18 heavy (non-hydrogen) atoms. The highest BCUT2D eigenvalue weighted by atomic mass is 15.2. The van der Waals surface area contributed by atoms with Crippen molar-refractivity contribution < 1.29 is 0 Å². The minimum absolute atomic E-state index is 0.0162. The molecule has 0 aromatic carbocycles. The second-order valence-electron chi connectivity index (χ2n) is 5.37. The van der Waals surface area contributed by atoms with Crippen molar-refractivity contribution in [2.75, 3.05) is 0 Å². The number of rotatable bonds is 2. The zero-order chi connectivity index (χ0) is 13.2. The van der Waals surface area contributed by atoms with E-state index in [4.69, 9.17) is 5.73 Å². The van der Waals surface area contributed by atoms with E-state index in [-0.39, 0.29) is 11.5 Å². The van der Waals surface area contributed by atoms with Crippen molar-refractivity contribution in [2.45, 2.75) is 33.2 Å². The topological polar surface area (TPSA) is 56.2 Å². The lowest BCUT2D eigenvalue weighted by molar-refractivity contribution is 0.569. The van der Waals surface area contributed by atoms with Gasteiger partial charge in [0.1, 0.15) is 0 Å². The Labute approximate surface area is 107 Å². The molecule has 0 bridgehead atoms. The molecule has 0 radical (unpaired) electrons. The molecule has 2 aromatic heterocycles. The maximum atomic E-state index is 6.15. The second-order valence-corrected chi connectivity index (χ2v) is 5.37. The quantitative estimate of drug-likeness (QED) is 0.821. The third-order valence-corrected chi connectivity index (χ3v) is 2.54. The highest BCUT2D eigenvalue weighted by molar-refractivity contribution is 5.53. The molecule has 1 atom stereocenters. The summed E-state index contributed by atoms with van der Waals surface area (Å²) < 4.78 is 1.78. The van der Waals surface area contributed by atoms with E-state index in [2.05, 4.69) is 42.7 Å². The van der Waals surface area contributed by atoms with Crippen LogP contribution in [0.4, 0.5) is 0 Å². The molecule has 0 spiro atoms. The molecule has 0 aliphatic heterocycles. The van der Waals surface area contributed by atoms with E-state index in [0.29, 0.717) is 6.42 Å². The molecule has 0 aliphatic carbocycles. The van der Waals surface area contributed by atoms with Gasteiger partial charge in [0.15, 0.2) is 0 Å². The SMILES string of the molecule is CC(C)(C)C#CCC(N)c1cnn2ccncc12. The molecule has 0 saturated heterocycles. The van der Waals surface area contributed by atoms with E-state index in [1.807, 2.05) is 6.20 Å². The van der Waals surface area contributed by atoms with Gasteiger partial charge in [-0.1, -0.05) is 5.92 Å². The van der Waals surface area contributed by atoms with Gasteiger partial charge in [-0.05, 0) is 20.8 Å². The lowest BCUT2D eigenvalue weighted by atomic mass is 9.97. The lowest BCUT2D eigenvalue weighted by Gasteiger charge is -2.09. The number of hydrogen-bond acceptors (Lipinski definition) is 3. The standard InChI is InChI=1S/C14H18N4/c1-14(2,3)6-4-5-12(15)11-9-17-18-8-7-16-10-13(11)18/h7-10,12H,5,15H2,1-3H3. The average Bonchev–Trinajstić information content (AvgIpc) is 2.70. The van der Waals surface area contributed by atoms with Crippen molar-refractivity contribution in [1.29, 1.82) is 0 Å². The summed E-state index contributed by atoms with van der Waals surface area (Å²) >= 11 is 0. The number of aromatic nitrogens is 3. The molecule has 0 aliphatic rings. The highest BCUT2D eigenvalue weighted by Crippen LogP contribution is 2.19. The van der Waals surface area contributed by atoms with E-state index in [1.54, 1.807) is 23.1 Å². The molecule has 2 aromatic rings. The first-order valence-corrected chi connectivity index (χ1v) is 6.00. The Morgan fingerprint density at radius 1 is 1.39 bits per heavy atom. The molecule has 2 rings (SSSR count). The van der Waals surface area contributed by atoms with Crippen LogP contribution in [-0.4, -0.2) is 14.6 Å². The zero-order valence-electron chi connectivity index (χ0n) is 11.0. The Balaban J connectivity index is 2.18. The fourth-order valence-corrected chi connectivity index (χ4v) is 1.67. The molecule has 2 heterocycles. The van der Waals surface area contributed by atoms with E-state index < -0.39 is 0 Å². The minimum Gasteiger partial charge on any atom is -0.323 e. The summed E-state index contributed by atoms with van der Waals surface area (Å²) in [6, 6.07) is -0.124. The van der Waals surface area contributed by atoms with Crippen LogP contribution in [0.2, 0.25) is 0 Å². The summed E-state index contributed by atoms with van der Waals surface area (Å²) in [7, 11) is 0. The van der Waals surface area contributed by atoms with Crippen molar-refractivity contribution >= 4 is 5.52 Å². The van der Waals surface area contributed by atoms with Crippen LogP contribution in [0.25, 0.3) is 5.52 Å². The maximum absolute atomic E-state index is 6.15. The molecule has 4 heteroatoms. The predicted octanol–water partition coefficient (Wildman–Crippen LogP) is 2.17. The van der Waals surface area contributed by atoms with E-state index in [1.165, 1.54) is 0 Å². The van der Waals surface area contributed by atoms with Crippen LogP contribution in [0.3, 0.4) is 0 Å². The Morgan fingerprint density at radius 2 is 2.17 bits per heavy atom. The maximum Gasteiger partial charge on any atom is 0.0892 e. The summed E-state index contributed by atoms with van der Waals surface area (Å²) in [5, 5.41) is 4.25. The van der Waals surface area contributed by atoms with Gasteiger partial charge in [0.2, 0.25) is 0 Å². The lowest BCUT2D eigenvalue weighted by Crippen LogP contribution is -2.09. The fraction of sp³-hybridized carbons (Fsp3) is 0.429. The highest BCUT2D eigenvalue weighted by Gasteiger charge is 2.11. The summed E-state index contributed by atoms with van der Waals surface area (Å²) in [5.41, 5.74) is 8.11. The van der Waals surface area contributed by atoms with Crippen LogP contribution in [0, 0.1) is 17.3 Å². The third-order valence-electron chi connectivity index (χ3n) is 2.54. The summed E-state index contributed by atoms with van der Waals surface area (Å²) in [4.78, 5) is 4.10. The van der Waals surface area contributed by atoms with Gasteiger partial charge in [-0.3, -0.25) is 4.98 Å². The molecule has 4 nitrogen and oxygen atoms in total. The van der Waals surface area contributed by atoms with E-state index in [9.17, 15) is 0 Å². The minimum atomic E-state index is -0.124. The number of hydrogen-bond donors (Lipinski definition) is 1. The van der Waals surface area contributed by atoms with Crippen molar-refractivity contribution in [3.63, 3.8) is 0 Å². The monoisotopic (exact) mass is 242 g/mol. The molecule has 0 saturated carbocycles. The van der Waals surface area contributed by atoms with Crippen molar-refractivity contribution in [2.24, 2.45) is 11.1 Å². The second kappa shape index (κ2) is 4.79. The first-order valence-electron chi connectivity index (χ1n) is 6.00. The Hall–Kier alpha value is -1.86. The van der Waals surface area contributed by atoms with E-state index >= 15 is 0 Å². The van der Waals surface area contributed by atoms with Crippen LogP contribution in [0.1, 0.15) is 38.8 Å². The van der Waals surface area contributed by atoms with Crippen LogP contribution in [-0.2, 0) is 0 Å². The molecule has 0 fully saturated rings. The van der Waals surface area contributed by atoms with Crippen molar-refractivity contribution in [3.8, 4) is 11.8 Å². The third kappa shape index (κ3) is 2.88. The van der Waals surface area contributed by atoms with Gasteiger partial charge in [0.25, 0.3) is 0 Å². The number of fused-ring (bicyclic) bond motifs is 1. The van der Waals surface area contributed by atoms with Crippen LogP contribution in [0.15, 0.2) is 24.8 Å². The molecular formula is C14H18N4.